The fourth-order valence-electron chi connectivity index (χ4n) is 2.64. The molecule has 0 amide bonds. The van der Waals surface area contributed by atoms with E-state index < -0.39 is 6.10 Å². The van der Waals surface area contributed by atoms with Crippen LogP contribution in [-0.2, 0) is 7.05 Å². The standard InChI is InChI=1S/C17H16FN7O/c1-9-7-19-23-14(9)20-15-12-8-25(2)24-16(12)22-17(21-15)13(26)10-3-5-11(18)6-4-10/h3-8,13,26H,1-2H3,(H2,19,20,21,22,23,24). The van der Waals surface area contributed by atoms with Gasteiger partial charge in [-0.1, -0.05) is 12.1 Å². The molecule has 1 aromatic carbocycles. The third kappa shape index (κ3) is 2.88. The van der Waals surface area contributed by atoms with Crippen LogP contribution in [0.5, 0.6) is 0 Å². The number of H-pyrrole nitrogens is 1. The van der Waals surface area contributed by atoms with E-state index in [2.05, 4.69) is 30.6 Å². The second-order valence-electron chi connectivity index (χ2n) is 5.98. The Balaban J connectivity index is 1.80. The molecular weight excluding hydrogens is 337 g/mol. The highest BCUT2D eigenvalue weighted by Gasteiger charge is 2.19. The van der Waals surface area contributed by atoms with Gasteiger partial charge in [-0.25, -0.2) is 14.4 Å². The van der Waals surface area contributed by atoms with Crippen LogP contribution in [0.4, 0.5) is 16.0 Å². The van der Waals surface area contributed by atoms with Crippen molar-refractivity contribution in [2.75, 3.05) is 5.32 Å². The van der Waals surface area contributed by atoms with Gasteiger partial charge in [-0.15, -0.1) is 0 Å². The number of anilines is 2. The zero-order chi connectivity index (χ0) is 18.3. The van der Waals surface area contributed by atoms with Crippen LogP contribution < -0.4 is 5.32 Å². The van der Waals surface area contributed by atoms with E-state index >= 15 is 0 Å². The highest BCUT2D eigenvalue weighted by atomic mass is 19.1. The quantitative estimate of drug-likeness (QED) is 0.520. The zero-order valence-electron chi connectivity index (χ0n) is 14.1. The van der Waals surface area contributed by atoms with E-state index in [0.717, 1.165) is 5.56 Å². The van der Waals surface area contributed by atoms with Crippen molar-refractivity contribution in [3.05, 3.63) is 59.4 Å². The number of nitrogens with one attached hydrogen (secondary N) is 2. The summed E-state index contributed by atoms with van der Waals surface area (Å²) in [4.78, 5) is 8.82. The number of hydrogen-bond acceptors (Lipinski definition) is 6. The Kier molecular flexibility index (Phi) is 3.85. The van der Waals surface area contributed by atoms with E-state index in [4.69, 9.17) is 0 Å². The molecule has 0 bridgehead atoms. The predicted octanol–water partition coefficient (Wildman–Crippen LogP) is 2.36. The van der Waals surface area contributed by atoms with Gasteiger partial charge < -0.3 is 10.4 Å². The zero-order valence-corrected chi connectivity index (χ0v) is 14.1. The predicted molar refractivity (Wildman–Crippen MR) is 93.4 cm³/mol. The van der Waals surface area contributed by atoms with Gasteiger partial charge in [0.05, 0.1) is 11.6 Å². The Morgan fingerprint density at radius 1 is 1.23 bits per heavy atom. The summed E-state index contributed by atoms with van der Waals surface area (Å²) in [5, 5.41) is 25.6. The maximum absolute atomic E-state index is 13.1. The Labute approximate surface area is 147 Å². The Bertz CT molecular complexity index is 1070. The lowest BCUT2D eigenvalue weighted by molar-refractivity contribution is 0.210. The molecule has 4 aromatic rings. The number of benzene rings is 1. The topological polar surface area (TPSA) is 105 Å². The third-order valence-electron chi connectivity index (χ3n) is 4.01. The average Bonchev–Trinajstić information content (AvgIpc) is 3.20. The molecule has 26 heavy (non-hydrogen) atoms. The van der Waals surface area contributed by atoms with E-state index in [1.54, 1.807) is 24.1 Å². The van der Waals surface area contributed by atoms with Crippen LogP contribution in [0.25, 0.3) is 11.0 Å². The van der Waals surface area contributed by atoms with Crippen molar-refractivity contribution < 1.29 is 9.50 Å². The van der Waals surface area contributed by atoms with Crippen molar-refractivity contribution in [2.24, 2.45) is 7.05 Å². The van der Waals surface area contributed by atoms with Crippen molar-refractivity contribution in [2.45, 2.75) is 13.0 Å². The van der Waals surface area contributed by atoms with Gasteiger partial charge in [-0.05, 0) is 24.6 Å². The average molecular weight is 353 g/mol. The molecule has 3 heterocycles. The van der Waals surface area contributed by atoms with E-state index in [9.17, 15) is 9.50 Å². The van der Waals surface area contributed by atoms with Gasteiger partial charge in [0, 0.05) is 18.8 Å². The van der Waals surface area contributed by atoms with Crippen molar-refractivity contribution in [3.63, 3.8) is 0 Å². The molecule has 0 fully saturated rings. The number of aliphatic hydroxyl groups excluding tert-OH is 1. The van der Waals surface area contributed by atoms with Crippen LogP contribution in [0.2, 0.25) is 0 Å². The number of aromatic amines is 1. The molecule has 0 aliphatic carbocycles. The molecule has 8 nitrogen and oxygen atoms in total. The highest BCUT2D eigenvalue weighted by molar-refractivity contribution is 5.88. The van der Waals surface area contributed by atoms with Crippen molar-refractivity contribution in [1.29, 1.82) is 0 Å². The number of aliphatic hydroxyl groups is 1. The van der Waals surface area contributed by atoms with Gasteiger partial charge >= 0.3 is 0 Å². The maximum Gasteiger partial charge on any atom is 0.186 e. The van der Waals surface area contributed by atoms with Crippen LogP contribution in [0.3, 0.4) is 0 Å². The molecule has 0 radical (unpaired) electrons. The van der Waals surface area contributed by atoms with Crippen molar-refractivity contribution in [3.8, 4) is 0 Å². The maximum atomic E-state index is 13.1. The van der Waals surface area contributed by atoms with E-state index in [-0.39, 0.29) is 11.6 Å². The minimum Gasteiger partial charge on any atom is -0.380 e. The Morgan fingerprint density at radius 2 is 2.00 bits per heavy atom. The highest BCUT2D eigenvalue weighted by Crippen LogP contribution is 2.27. The summed E-state index contributed by atoms with van der Waals surface area (Å²) in [7, 11) is 1.78. The van der Waals surface area contributed by atoms with Crippen LogP contribution in [0, 0.1) is 12.7 Å². The molecule has 3 aromatic heterocycles. The smallest absolute Gasteiger partial charge is 0.186 e. The monoisotopic (exact) mass is 353 g/mol. The van der Waals surface area contributed by atoms with Crippen LogP contribution in [0.15, 0.2) is 36.7 Å². The molecule has 0 saturated carbocycles. The number of fused-ring (bicyclic) bond motifs is 1. The number of nitrogens with zero attached hydrogens (tertiary/aromatic N) is 5. The molecular formula is C17H16FN7O. The molecule has 1 unspecified atom stereocenters. The molecule has 1 atom stereocenters. The van der Waals surface area contributed by atoms with Gasteiger partial charge in [-0.3, -0.25) is 9.78 Å². The lowest BCUT2D eigenvalue weighted by atomic mass is 10.1. The molecule has 4 rings (SSSR count). The van der Waals surface area contributed by atoms with E-state index in [1.807, 2.05) is 6.92 Å². The van der Waals surface area contributed by atoms with Crippen LogP contribution in [0.1, 0.15) is 23.1 Å². The van der Waals surface area contributed by atoms with E-state index in [0.29, 0.717) is 28.2 Å². The van der Waals surface area contributed by atoms with Crippen molar-refractivity contribution >= 4 is 22.7 Å². The van der Waals surface area contributed by atoms with E-state index in [1.165, 1.54) is 24.3 Å². The number of halogens is 1. The molecule has 3 N–H and O–H groups in total. The summed E-state index contributed by atoms with van der Waals surface area (Å²) in [6.45, 7) is 1.90. The first-order chi connectivity index (χ1) is 12.5. The first kappa shape index (κ1) is 16.2. The normalized spacial score (nSPS) is 12.5. The summed E-state index contributed by atoms with van der Waals surface area (Å²) < 4.78 is 14.8. The first-order valence-electron chi connectivity index (χ1n) is 7.93. The van der Waals surface area contributed by atoms with Crippen molar-refractivity contribution in [1.82, 2.24) is 29.9 Å². The molecule has 132 valence electrons. The number of rotatable bonds is 4. The minimum absolute atomic E-state index is 0.169. The second kappa shape index (κ2) is 6.19. The van der Waals surface area contributed by atoms with Gasteiger partial charge in [0.1, 0.15) is 23.6 Å². The summed E-state index contributed by atoms with van der Waals surface area (Å²) in [6, 6.07) is 5.56. The first-order valence-corrected chi connectivity index (χ1v) is 7.93. The fraction of sp³-hybridized carbons (Fsp3) is 0.176. The van der Waals surface area contributed by atoms with Gasteiger partial charge in [0.25, 0.3) is 0 Å². The summed E-state index contributed by atoms with van der Waals surface area (Å²) in [5.41, 5.74) is 1.85. The third-order valence-corrected chi connectivity index (χ3v) is 4.01. The second-order valence-corrected chi connectivity index (χ2v) is 5.98. The summed E-state index contributed by atoms with van der Waals surface area (Å²) in [6.07, 6.45) is 2.38. The number of aryl methyl sites for hydroxylation is 2. The van der Waals surface area contributed by atoms with Crippen LogP contribution in [-0.4, -0.2) is 35.1 Å². The molecule has 0 spiro atoms. The molecule has 9 heteroatoms. The largest absolute Gasteiger partial charge is 0.380 e. The van der Waals surface area contributed by atoms with Gasteiger partial charge in [-0.2, -0.15) is 10.2 Å². The lowest BCUT2D eigenvalue weighted by Crippen LogP contribution is -2.08. The Hall–Kier alpha value is -3.33. The molecule has 0 saturated heterocycles. The summed E-state index contributed by atoms with van der Waals surface area (Å²) in [5.74, 6) is 0.976. The van der Waals surface area contributed by atoms with Gasteiger partial charge in [0.15, 0.2) is 11.5 Å². The Morgan fingerprint density at radius 3 is 2.69 bits per heavy atom. The number of aromatic nitrogens is 6. The molecule has 0 aliphatic heterocycles. The summed E-state index contributed by atoms with van der Waals surface area (Å²) >= 11 is 0. The fourth-order valence-corrected chi connectivity index (χ4v) is 2.64. The SMILES string of the molecule is Cc1cn[nH]c1Nc1nc(C(O)c2ccc(F)cc2)nc2nn(C)cc12. The molecule has 0 aliphatic rings. The van der Waals surface area contributed by atoms with Gasteiger partial charge in [0.2, 0.25) is 0 Å². The lowest BCUT2D eigenvalue weighted by Gasteiger charge is -2.12. The number of hydrogen-bond donors (Lipinski definition) is 3. The van der Waals surface area contributed by atoms with Crippen LogP contribution >= 0.6 is 0 Å². The minimum atomic E-state index is -1.11.